The molecular formula is C27H27ClF4N4O5. The monoisotopic (exact) mass is 598 g/mol. The highest BCUT2D eigenvalue weighted by molar-refractivity contribution is 6.30. The lowest BCUT2D eigenvalue weighted by atomic mass is 9.98. The van der Waals surface area contributed by atoms with Crippen LogP contribution in [-0.2, 0) is 15.7 Å². The summed E-state index contributed by atoms with van der Waals surface area (Å²) in [5.41, 5.74) is -1.36. The molecule has 41 heavy (non-hydrogen) atoms. The first-order valence-corrected chi connectivity index (χ1v) is 13.0. The maximum absolute atomic E-state index is 13.6. The molecule has 1 aromatic heterocycles. The summed E-state index contributed by atoms with van der Waals surface area (Å²) >= 11 is 5.66. The van der Waals surface area contributed by atoms with Crippen molar-refractivity contribution in [2.45, 2.75) is 57.5 Å². The summed E-state index contributed by atoms with van der Waals surface area (Å²) in [5, 5.41) is 10.7. The fourth-order valence-corrected chi connectivity index (χ4v) is 4.26. The summed E-state index contributed by atoms with van der Waals surface area (Å²) in [6.07, 6.45) is -4.44. The second-order valence-corrected chi connectivity index (χ2v) is 10.8. The maximum Gasteiger partial charge on any atom is 0.416 e. The van der Waals surface area contributed by atoms with Crippen molar-refractivity contribution in [1.29, 1.82) is 0 Å². The number of nitrogens with one attached hydrogen (secondary N) is 1. The molecule has 9 nitrogen and oxygen atoms in total. The highest BCUT2D eigenvalue weighted by Crippen LogP contribution is 2.34. The second-order valence-electron chi connectivity index (χ2n) is 10.4. The molecule has 4 rings (SSSR count). The number of amides is 2. The summed E-state index contributed by atoms with van der Waals surface area (Å²) in [6.45, 7) is 4.76. The molecule has 1 aliphatic heterocycles. The van der Waals surface area contributed by atoms with Gasteiger partial charge in [0.25, 0.3) is 5.91 Å². The Bertz CT molecular complexity index is 1390. The Morgan fingerprint density at radius 3 is 2.44 bits per heavy atom. The normalized spacial score (nSPS) is 17.7. The van der Waals surface area contributed by atoms with Gasteiger partial charge in [-0.05, 0) is 70.0 Å². The van der Waals surface area contributed by atoms with E-state index in [1.807, 2.05) is 0 Å². The van der Waals surface area contributed by atoms with Gasteiger partial charge < -0.3 is 19.2 Å². The number of carbonyl (C=O) groups excluding carboxylic acids is 2. The molecule has 2 atom stereocenters. The summed E-state index contributed by atoms with van der Waals surface area (Å²) in [4.78, 5) is 27.0. The van der Waals surface area contributed by atoms with Gasteiger partial charge in [0.1, 0.15) is 23.2 Å². The smallest absolute Gasteiger partial charge is 0.416 e. The number of likely N-dealkylation sites (tertiary alicyclic amines) is 1. The van der Waals surface area contributed by atoms with E-state index in [2.05, 4.69) is 15.5 Å². The van der Waals surface area contributed by atoms with Gasteiger partial charge in [0, 0.05) is 24.2 Å². The molecule has 0 spiro atoms. The zero-order valence-electron chi connectivity index (χ0n) is 22.3. The number of carbonyl (C=O) groups is 2. The number of nitrogens with zero attached hydrogens (tertiary/aromatic N) is 3. The fourth-order valence-electron chi connectivity index (χ4n) is 4.14. The molecule has 1 fully saturated rings. The van der Waals surface area contributed by atoms with E-state index in [4.69, 9.17) is 25.5 Å². The van der Waals surface area contributed by atoms with Crippen molar-refractivity contribution in [1.82, 2.24) is 20.4 Å². The van der Waals surface area contributed by atoms with Gasteiger partial charge in [-0.25, -0.2) is 9.18 Å². The average Bonchev–Trinajstić information content (AvgIpc) is 3.38. The van der Waals surface area contributed by atoms with Gasteiger partial charge in [0.2, 0.25) is 11.8 Å². The van der Waals surface area contributed by atoms with Crippen molar-refractivity contribution >= 4 is 23.6 Å². The van der Waals surface area contributed by atoms with Gasteiger partial charge in [0.05, 0.1) is 10.6 Å². The molecule has 1 N–H and O–H groups in total. The highest BCUT2D eigenvalue weighted by atomic mass is 35.5. The molecule has 2 unspecified atom stereocenters. The predicted octanol–water partition coefficient (Wildman–Crippen LogP) is 6.18. The van der Waals surface area contributed by atoms with Gasteiger partial charge in [-0.15, -0.1) is 10.2 Å². The lowest BCUT2D eigenvalue weighted by Crippen LogP contribution is -2.52. The van der Waals surface area contributed by atoms with Crippen molar-refractivity contribution in [3.63, 3.8) is 0 Å². The minimum absolute atomic E-state index is 0.0101. The van der Waals surface area contributed by atoms with Crippen LogP contribution in [0.25, 0.3) is 11.5 Å². The Balaban J connectivity index is 1.45. The summed E-state index contributed by atoms with van der Waals surface area (Å²) in [7, 11) is 0. The standard InChI is InChI=1S/C27H27ClF4N4O5/c1-26(2,3)41-25(38)36-13-17(33-22(37)14-39-18-9-10-19(28)20(29)12-18)8-11-21(36)24-35-34-23(40-24)15-4-6-16(7-5-15)27(30,31)32/h4-7,9-10,12,17,21H,8,11,13-14H2,1-3H3,(H,33,37). The molecule has 14 heteroatoms. The van der Waals surface area contributed by atoms with Crippen molar-refractivity contribution in [2.24, 2.45) is 0 Å². The van der Waals surface area contributed by atoms with Crippen LogP contribution in [0, 0.1) is 5.82 Å². The first kappa shape index (κ1) is 30.1. The number of piperidine rings is 1. The number of rotatable bonds is 6. The minimum atomic E-state index is -4.49. The topological polar surface area (TPSA) is 107 Å². The molecule has 1 saturated heterocycles. The second kappa shape index (κ2) is 11.9. The summed E-state index contributed by atoms with van der Waals surface area (Å²) in [5.74, 6) is -0.983. The molecule has 3 aromatic rings. The quantitative estimate of drug-likeness (QED) is 0.338. The molecule has 0 aliphatic carbocycles. The van der Waals surface area contributed by atoms with Crippen LogP contribution in [0.15, 0.2) is 46.9 Å². The lowest BCUT2D eigenvalue weighted by molar-refractivity contribution is -0.137. The van der Waals surface area contributed by atoms with Crippen LogP contribution in [0.5, 0.6) is 5.75 Å². The number of benzene rings is 2. The predicted molar refractivity (Wildman–Crippen MR) is 138 cm³/mol. The van der Waals surface area contributed by atoms with Crippen LogP contribution in [0.2, 0.25) is 5.02 Å². The SMILES string of the molecule is CC(C)(C)OC(=O)N1CC(NC(=O)COc2ccc(Cl)c(F)c2)CCC1c1nnc(-c2ccc(C(F)(F)F)cc2)o1. The summed E-state index contributed by atoms with van der Waals surface area (Å²) < 4.78 is 69.0. The van der Waals surface area contributed by atoms with Crippen molar-refractivity contribution in [3.05, 3.63) is 64.8 Å². The molecule has 2 amide bonds. The van der Waals surface area contributed by atoms with Crippen molar-refractivity contribution in [2.75, 3.05) is 13.2 Å². The lowest BCUT2D eigenvalue weighted by Gasteiger charge is -2.38. The molecule has 220 valence electrons. The Morgan fingerprint density at radius 1 is 1.10 bits per heavy atom. The number of hydrogen-bond acceptors (Lipinski definition) is 7. The maximum atomic E-state index is 13.6. The largest absolute Gasteiger partial charge is 0.484 e. The Labute approximate surface area is 237 Å². The van der Waals surface area contributed by atoms with E-state index < -0.39 is 53.8 Å². The van der Waals surface area contributed by atoms with E-state index in [1.54, 1.807) is 20.8 Å². The highest BCUT2D eigenvalue weighted by Gasteiger charge is 2.39. The van der Waals surface area contributed by atoms with E-state index in [0.717, 1.165) is 18.2 Å². The van der Waals surface area contributed by atoms with Crippen LogP contribution < -0.4 is 10.1 Å². The molecule has 2 heterocycles. The van der Waals surface area contributed by atoms with Crippen LogP contribution in [-0.4, -0.2) is 51.9 Å². The molecule has 0 saturated carbocycles. The van der Waals surface area contributed by atoms with Crippen molar-refractivity contribution in [3.8, 4) is 17.2 Å². The van der Waals surface area contributed by atoms with E-state index in [9.17, 15) is 27.2 Å². The number of alkyl halides is 3. The van der Waals surface area contributed by atoms with Gasteiger partial charge >= 0.3 is 12.3 Å². The van der Waals surface area contributed by atoms with Crippen molar-refractivity contribution < 1.29 is 41.0 Å². The number of hydrogen-bond donors (Lipinski definition) is 1. The first-order chi connectivity index (χ1) is 19.2. The average molecular weight is 599 g/mol. The van der Waals surface area contributed by atoms with Gasteiger partial charge in [-0.2, -0.15) is 13.2 Å². The van der Waals surface area contributed by atoms with Crippen LogP contribution in [0.1, 0.15) is 51.1 Å². The Hall–Kier alpha value is -3.87. The fraction of sp³-hybridized carbons (Fsp3) is 0.407. The van der Waals surface area contributed by atoms with E-state index in [1.165, 1.54) is 29.2 Å². The molecule has 0 radical (unpaired) electrons. The van der Waals surface area contributed by atoms with Crippen LogP contribution in [0.4, 0.5) is 22.4 Å². The Morgan fingerprint density at radius 2 is 1.80 bits per heavy atom. The number of halogens is 5. The number of aromatic nitrogens is 2. The van der Waals surface area contributed by atoms with Gasteiger partial charge in [-0.1, -0.05) is 11.6 Å². The third-order valence-electron chi connectivity index (χ3n) is 6.02. The third-order valence-corrected chi connectivity index (χ3v) is 6.33. The molecule has 0 bridgehead atoms. The molecule has 1 aliphatic rings. The molecular weight excluding hydrogens is 572 g/mol. The zero-order chi connectivity index (χ0) is 29.9. The third kappa shape index (κ3) is 7.87. The van der Waals surface area contributed by atoms with Crippen LogP contribution >= 0.6 is 11.6 Å². The minimum Gasteiger partial charge on any atom is -0.484 e. The first-order valence-electron chi connectivity index (χ1n) is 12.6. The van der Waals surface area contributed by atoms with E-state index in [0.29, 0.717) is 12.8 Å². The molecule has 2 aromatic carbocycles. The van der Waals surface area contributed by atoms with E-state index >= 15 is 0 Å². The van der Waals surface area contributed by atoms with Gasteiger partial charge in [0.15, 0.2) is 6.61 Å². The zero-order valence-corrected chi connectivity index (χ0v) is 23.1. The van der Waals surface area contributed by atoms with Gasteiger partial charge in [-0.3, -0.25) is 9.69 Å². The van der Waals surface area contributed by atoms with E-state index in [-0.39, 0.29) is 34.7 Å². The number of ether oxygens (including phenoxy) is 2. The summed E-state index contributed by atoms with van der Waals surface area (Å²) in [6, 6.07) is 6.88. The Kier molecular flexibility index (Phi) is 8.76. The van der Waals surface area contributed by atoms with Crippen LogP contribution in [0.3, 0.4) is 0 Å².